The van der Waals surface area contributed by atoms with E-state index in [-0.39, 0.29) is 40.9 Å². The highest BCUT2D eigenvalue weighted by molar-refractivity contribution is 6.01. The first kappa shape index (κ1) is 21.4. The van der Waals surface area contributed by atoms with Crippen LogP contribution in [0.4, 0.5) is 0 Å². The fraction of sp³-hybridized carbons (Fsp3) is 0.583. The Morgan fingerprint density at radius 1 is 1.31 bits per heavy atom. The van der Waals surface area contributed by atoms with Crippen molar-refractivity contribution in [3.63, 3.8) is 0 Å². The van der Waals surface area contributed by atoms with Gasteiger partial charge in [0.05, 0.1) is 12.3 Å². The number of aliphatic hydroxyl groups excluding tert-OH is 1. The second kappa shape index (κ2) is 7.30. The van der Waals surface area contributed by atoms with Crippen LogP contribution in [0.25, 0.3) is 0 Å². The zero-order valence-electron chi connectivity index (χ0n) is 18.1. The number of Topliss-reactive ketones (excluding diaryl/α,β-unsaturated/α-hetero) is 1. The van der Waals surface area contributed by atoms with E-state index in [4.69, 9.17) is 4.74 Å². The SMILES string of the molecule is CC1=CCC2C(C=CC(C)C2C(=O)c2c(O)c(C3(O)CCC(O)C4OC43)cn(O)c2=O)C1. The number of aromatic nitrogens is 1. The molecule has 0 amide bonds. The first-order valence-corrected chi connectivity index (χ1v) is 11.3. The van der Waals surface area contributed by atoms with Crippen LogP contribution in [-0.4, -0.2) is 49.4 Å². The van der Waals surface area contributed by atoms with Crippen LogP contribution < -0.4 is 5.56 Å². The molecule has 8 unspecified atom stereocenters. The van der Waals surface area contributed by atoms with Crippen LogP contribution in [0.3, 0.4) is 0 Å². The number of pyridine rings is 1. The predicted octanol–water partition coefficient (Wildman–Crippen LogP) is 1.88. The summed E-state index contributed by atoms with van der Waals surface area (Å²) < 4.78 is 5.68. The van der Waals surface area contributed by atoms with Crippen molar-refractivity contribution in [3.8, 4) is 5.75 Å². The van der Waals surface area contributed by atoms with Gasteiger partial charge in [0.25, 0.3) is 5.56 Å². The second-order valence-corrected chi connectivity index (χ2v) is 9.92. The standard InChI is InChI=1S/C24H29NO7/c1-11-3-6-14-13(9-11)5-4-12(2)17(14)20(28)18-19(27)15(10-25(31)23(18)29)24(30)8-7-16(26)21-22(24)32-21/h3-5,10,12-14,16-17,21-22,26-27,30-31H,6-9H2,1-2H3. The van der Waals surface area contributed by atoms with Crippen molar-refractivity contribution >= 4 is 5.78 Å². The van der Waals surface area contributed by atoms with Crippen molar-refractivity contribution in [1.29, 1.82) is 0 Å². The zero-order valence-corrected chi connectivity index (χ0v) is 18.1. The topological polar surface area (TPSA) is 133 Å². The molecule has 0 radical (unpaired) electrons. The van der Waals surface area contributed by atoms with E-state index in [1.165, 1.54) is 5.57 Å². The van der Waals surface area contributed by atoms with Gasteiger partial charge in [0.15, 0.2) is 5.78 Å². The van der Waals surface area contributed by atoms with Gasteiger partial charge in [-0.2, -0.15) is 4.73 Å². The van der Waals surface area contributed by atoms with Crippen molar-refractivity contribution in [2.24, 2.45) is 23.7 Å². The highest BCUT2D eigenvalue weighted by atomic mass is 16.6. The van der Waals surface area contributed by atoms with Crippen molar-refractivity contribution in [1.82, 2.24) is 4.73 Å². The van der Waals surface area contributed by atoms with Gasteiger partial charge >= 0.3 is 0 Å². The van der Waals surface area contributed by atoms with E-state index < -0.39 is 52.5 Å². The van der Waals surface area contributed by atoms with E-state index in [9.17, 15) is 30.1 Å². The molecule has 5 rings (SSSR count). The maximum atomic E-state index is 13.7. The molecule has 1 aromatic rings. The Balaban J connectivity index is 1.58. The first-order valence-electron chi connectivity index (χ1n) is 11.3. The molecule has 4 N–H and O–H groups in total. The number of allylic oxidation sites excluding steroid dienone is 4. The number of carbonyl (C=O) groups is 1. The minimum atomic E-state index is -1.72. The van der Waals surface area contributed by atoms with Crippen LogP contribution in [0.5, 0.6) is 5.75 Å². The molecule has 3 aliphatic carbocycles. The number of nitrogens with zero attached hydrogens (tertiary/aromatic N) is 1. The monoisotopic (exact) mass is 443 g/mol. The molecule has 1 aromatic heterocycles. The molecule has 2 heterocycles. The van der Waals surface area contributed by atoms with E-state index in [1.54, 1.807) is 0 Å². The maximum Gasteiger partial charge on any atom is 0.297 e. The molecule has 0 aromatic carbocycles. The molecule has 4 aliphatic rings. The summed E-state index contributed by atoms with van der Waals surface area (Å²) in [6.07, 6.45) is 6.95. The van der Waals surface area contributed by atoms with Gasteiger partial charge in [-0.1, -0.05) is 30.7 Å². The lowest BCUT2D eigenvalue weighted by Crippen LogP contribution is -2.43. The molecule has 0 bridgehead atoms. The number of fused-ring (bicyclic) bond motifs is 2. The van der Waals surface area contributed by atoms with Crippen LogP contribution in [0, 0.1) is 23.7 Å². The number of aromatic hydroxyl groups is 1. The summed E-state index contributed by atoms with van der Waals surface area (Å²) in [6, 6.07) is 0. The molecular weight excluding hydrogens is 414 g/mol. The third-order valence-electron chi connectivity index (χ3n) is 7.91. The number of epoxide rings is 1. The molecule has 32 heavy (non-hydrogen) atoms. The molecule has 8 heteroatoms. The maximum absolute atomic E-state index is 13.7. The van der Waals surface area contributed by atoms with Crippen LogP contribution in [0.2, 0.25) is 0 Å². The van der Waals surface area contributed by atoms with Crippen LogP contribution in [-0.2, 0) is 10.3 Å². The van der Waals surface area contributed by atoms with Gasteiger partial charge in [-0.05, 0) is 50.4 Å². The molecule has 1 saturated carbocycles. The van der Waals surface area contributed by atoms with Crippen LogP contribution in [0.15, 0.2) is 34.8 Å². The predicted molar refractivity (Wildman–Crippen MR) is 113 cm³/mol. The van der Waals surface area contributed by atoms with Gasteiger partial charge in [0, 0.05) is 11.5 Å². The Labute approximate surface area is 185 Å². The van der Waals surface area contributed by atoms with E-state index in [0.717, 1.165) is 12.6 Å². The number of ketones is 1. The fourth-order valence-corrected chi connectivity index (χ4v) is 6.06. The lowest BCUT2D eigenvalue weighted by atomic mass is 9.63. The summed E-state index contributed by atoms with van der Waals surface area (Å²) in [6.45, 7) is 3.98. The normalized spacial score (nSPS) is 40.2. The number of carbonyl (C=O) groups excluding carboxylic acids is 1. The number of ether oxygens (including phenoxy) is 1. The van der Waals surface area contributed by atoms with Gasteiger partial charge in [-0.25, -0.2) is 0 Å². The first-order chi connectivity index (χ1) is 15.1. The summed E-state index contributed by atoms with van der Waals surface area (Å²) in [5.74, 6) is -1.64. The smallest absolute Gasteiger partial charge is 0.297 e. The number of rotatable bonds is 3. The molecule has 0 spiro atoms. The Kier molecular flexibility index (Phi) is 4.89. The fourth-order valence-electron chi connectivity index (χ4n) is 6.06. The Bertz CT molecular complexity index is 1090. The van der Waals surface area contributed by atoms with Crippen LogP contribution >= 0.6 is 0 Å². The Morgan fingerprint density at radius 3 is 2.81 bits per heavy atom. The zero-order chi connectivity index (χ0) is 22.9. The van der Waals surface area contributed by atoms with Gasteiger partial charge in [0.2, 0.25) is 0 Å². The molecule has 2 fully saturated rings. The molecule has 1 aliphatic heterocycles. The van der Waals surface area contributed by atoms with Crippen molar-refractivity contribution < 1.29 is 30.1 Å². The molecule has 172 valence electrons. The van der Waals surface area contributed by atoms with Gasteiger partial charge < -0.3 is 25.3 Å². The van der Waals surface area contributed by atoms with Crippen molar-refractivity contribution in [2.45, 2.75) is 63.4 Å². The van der Waals surface area contributed by atoms with E-state index >= 15 is 0 Å². The van der Waals surface area contributed by atoms with Gasteiger partial charge in [-0.15, -0.1) is 0 Å². The molecule has 8 nitrogen and oxygen atoms in total. The summed E-state index contributed by atoms with van der Waals surface area (Å²) in [7, 11) is 0. The van der Waals surface area contributed by atoms with Crippen molar-refractivity contribution in [2.75, 3.05) is 0 Å². The van der Waals surface area contributed by atoms with Crippen LogP contribution in [0.1, 0.15) is 55.5 Å². The highest BCUT2D eigenvalue weighted by Gasteiger charge is 2.62. The third-order valence-corrected chi connectivity index (χ3v) is 7.91. The molecular formula is C24H29NO7. The molecule has 1 saturated heterocycles. The average molecular weight is 443 g/mol. The second-order valence-electron chi connectivity index (χ2n) is 9.92. The third kappa shape index (κ3) is 3.08. The Morgan fingerprint density at radius 2 is 2.06 bits per heavy atom. The molecule has 8 atom stereocenters. The summed E-state index contributed by atoms with van der Waals surface area (Å²) in [4.78, 5) is 26.6. The van der Waals surface area contributed by atoms with Gasteiger partial charge in [-0.3, -0.25) is 9.59 Å². The highest BCUT2D eigenvalue weighted by Crippen LogP contribution is 2.51. The summed E-state index contributed by atoms with van der Waals surface area (Å²) in [5, 5.41) is 42.7. The van der Waals surface area contributed by atoms with Gasteiger partial charge in [0.1, 0.15) is 29.1 Å². The lowest BCUT2D eigenvalue weighted by molar-refractivity contribution is -0.0246. The number of hydrogen-bond donors (Lipinski definition) is 4. The summed E-state index contributed by atoms with van der Waals surface area (Å²) in [5.41, 5.74) is -2.09. The Hall–Kier alpha value is -2.42. The average Bonchev–Trinajstić information content (AvgIpc) is 3.56. The number of hydrogen-bond acceptors (Lipinski definition) is 7. The van der Waals surface area contributed by atoms with Crippen molar-refractivity contribution in [3.05, 3.63) is 51.5 Å². The van der Waals surface area contributed by atoms with E-state index in [0.29, 0.717) is 6.42 Å². The quantitative estimate of drug-likeness (QED) is 0.243. The minimum Gasteiger partial charge on any atom is -0.507 e. The number of aliphatic hydroxyl groups is 2. The van der Waals surface area contributed by atoms with E-state index in [2.05, 4.69) is 19.1 Å². The lowest BCUT2D eigenvalue weighted by Gasteiger charge is -2.40. The van der Waals surface area contributed by atoms with E-state index in [1.807, 2.05) is 13.0 Å². The summed E-state index contributed by atoms with van der Waals surface area (Å²) >= 11 is 0. The minimum absolute atomic E-state index is 0.00939. The largest absolute Gasteiger partial charge is 0.507 e.